The third kappa shape index (κ3) is 2.67. The van der Waals surface area contributed by atoms with E-state index in [1.54, 1.807) is 18.4 Å². The molecule has 0 bridgehead atoms. The SMILES string of the molecule is CCNc1nc(NCC(=O)NC)c2ccsc2n1. The number of hydrogen-bond acceptors (Lipinski definition) is 6. The Labute approximate surface area is 109 Å². The van der Waals surface area contributed by atoms with Gasteiger partial charge in [-0.2, -0.15) is 4.98 Å². The summed E-state index contributed by atoms with van der Waals surface area (Å²) in [6.07, 6.45) is 0. The molecule has 7 heteroatoms. The summed E-state index contributed by atoms with van der Waals surface area (Å²) in [5.41, 5.74) is 0. The fourth-order valence-corrected chi connectivity index (χ4v) is 2.24. The second kappa shape index (κ2) is 5.63. The number of carbonyl (C=O) groups excluding carboxylic acids is 1. The van der Waals surface area contributed by atoms with Crippen LogP contribution in [0.5, 0.6) is 0 Å². The molecule has 2 aromatic rings. The standard InChI is InChI=1S/C11H15N5OS/c1-3-13-11-15-9(14-6-8(17)12-2)7-4-5-18-10(7)16-11/h4-5H,3,6H2,1-2H3,(H,12,17)(H2,13,14,15,16). The minimum absolute atomic E-state index is 0.0815. The molecule has 3 N–H and O–H groups in total. The number of hydrogen-bond donors (Lipinski definition) is 3. The van der Waals surface area contributed by atoms with Crippen LogP contribution >= 0.6 is 11.3 Å². The van der Waals surface area contributed by atoms with Gasteiger partial charge in [0.2, 0.25) is 11.9 Å². The number of carbonyl (C=O) groups is 1. The van der Waals surface area contributed by atoms with Crippen LogP contribution in [0.4, 0.5) is 11.8 Å². The van der Waals surface area contributed by atoms with Gasteiger partial charge in [-0.3, -0.25) is 4.79 Å². The Balaban J connectivity index is 2.28. The summed E-state index contributed by atoms with van der Waals surface area (Å²) in [7, 11) is 1.61. The van der Waals surface area contributed by atoms with Crippen LogP contribution in [-0.4, -0.2) is 36.0 Å². The number of thiophene rings is 1. The lowest BCUT2D eigenvalue weighted by Gasteiger charge is -2.08. The van der Waals surface area contributed by atoms with E-state index in [4.69, 9.17) is 0 Å². The Morgan fingerprint density at radius 1 is 1.39 bits per heavy atom. The van der Waals surface area contributed by atoms with E-state index >= 15 is 0 Å². The minimum Gasteiger partial charge on any atom is -0.360 e. The quantitative estimate of drug-likeness (QED) is 0.759. The second-order valence-corrected chi connectivity index (χ2v) is 4.49. The normalized spacial score (nSPS) is 10.3. The van der Waals surface area contributed by atoms with Gasteiger partial charge in [-0.25, -0.2) is 4.98 Å². The number of amides is 1. The number of aromatic nitrogens is 2. The van der Waals surface area contributed by atoms with Crippen LogP contribution < -0.4 is 16.0 Å². The zero-order valence-electron chi connectivity index (χ0n) is 10.3. The first kappa shape index (κ1) is 12.6. The lowest BCUT2D eigenvalue weighted by atomic mass is 10.3. The Kier molecular flexibility index (Phi) is 3.93. The minimum atomic E-state index is -0.0815. The average molecular weight is 265 g/mol. The molecule has 18 heavy (non-hydrogen) atoms. The molecule has 0 saturated carbocycles. The zero-order chi connectivity index (χ0) is 13.0. The van der Waals surface area contributed by atoms with Crippen LogP contribution in [0.3, 0.4) is 0 Å². The van der Waals surface area contributed by atoms with Gasteiger partial charge in [0.1, 0.15) is 10.6 Å². The molecule has 2 heterocycles. The Morgan fingerprint density at radius 2 is 2.22 bits per heavy atom. The lowest BCUT2D eigenvalue weighted by Crippen LogP contribution is -2.26. The summed E-state index contributed by atoms with van der Waals surface area (Å²) in [5, 5.41) is 11.6. The van der Waals surface area contributed by atoms with Gasteiger partial charge in [0.15, 0.2) is 0 Å². The number of nitrogens with zero attached hydrogens (tertiary/aromatic N) is 2. The molecule has 0 atom stereocenters. The number of fused-ring (bicyclic) bond motifs is 1. The highest BCUT2D eigenvalue weighted by Gasteiger charge is 2.09. The van der Waals surface area contributed by atoms with Crippen LogP contribution in [0.2, 0.25) is 0 Å². The molecular formula is C11H15N5OS. The van der Waals surface area contributed by atoms with E-state index in [2.05, 4.69) is 25.9 Å². The van der Waals surface area contributed by atoms with E-state index in [0.717, 1.165) is 16.8 Å². The van der Waals surface area contributed by atoms with E-state index in [-0.39, 0.29) is 12.5 Å². The molecular weight excluding hydrogens is 250 g/mol. The van der Waals surface area contributed by atoms with Gasteiger partial charge in [-0.1, -0.05) is 0 Å². The lowest BCUT2D eigenvalue weighted by molar-refractivity contribution is -0.118. The van der Waals surface area contributed by atoms with Gasteiger partial charge < -0.3 is 16.0 Å². The topological polar surface area (TPSA) is 78.9 Å². The number of rotatable bonds is 5. The highest BCUT2D eigenvalue weighted by molar-refractivity contribution is 7.16. The number of anilines is 2. The van der Waals surface area contributed by atoms with Crippen molar-refractivity contribution in [3.8, 4) is 0 Å². The van der Waals surface area contributed by atoms with Crippen LogP contribution in [0.1, 0.15) is 6.92 Å². The number of nitrogens with one attached hydrogen (secondary N) is 3. The molecule has 1 amide bonds. The third-order valence-electron chi connectivity index (χ3n) is 2.36. The van der Waals surface area contributed by atoms with E-state index in [0.29, 0.717) is 11.8 Å². The Hall–Kier alpha value is -1.89. The van der Waals surface area contributed by atoms with Gasteiger partial charge in [0.05, 0.1) is 11.9 Å². The fourth-order valence-electron chi connectivity index (χ4n) is 1.48. The van der Waals surface area contributed by atoms with Crippen molar-refractivity contribution >= 4 is 39.2 Å². The Bertz CT molecular complexity index is 553. The van der Waals surface area contributed by atoms with Crippen molar-refractivity contribution in [3.63, 3.8) is 0 Å². The maximum Gasteiger partial charge on any atom is 0.239 e. The molecule has 0 saturated heterocycles. The summed E-state index contributed by atoms with van der Waals surface area (Å²) in [5.74, 6) is 1.18. The molecule has 0 aliphatic rings. The molecule has 0 spiro atoms. The predicted molar refractivity (Wildman–Crippen MR) is 74.1 cm³/mol. The molecule has 6 nitrogen and oxygen atoms in total. The first-order chi connectivity index (χ1) is 8.74. The summed E-state index contributed by atoms with van der Waals surface area (Å²) in [4.78, 5) is 20.9. The molecule has 2 rings (SSSR count). The number of likely N-dealkylation sites (N-methyl/N-ethyl adjacent to an activating group) is 1. The summed E-state index contributed by atoms with van der Waals surface area (Å²) < 4.78 is 0. The van der Waals surface area contributed by atoms with E-state index in [9.17, 15) is 4.79 Å². The molecule has 2 aromatic heterocycles. The predicted octanol–water partition coefficient (Wildman–Crippen LogP) is 1.28. The fraction of sp³-hybridized carbons (Fsp3) is 0.364. The molecule has 0 aromatic carbocycles. The van der Waals surface area contributed by atoms with Crippen molar-refractivity contribution in [1.29, 1.82) is 0 Å². The van der Waals surface area contributed by atoms with Crippen LogP contribution in [-0.2, 0) is 4.79 Å². The summed E-state index contributed by atoms with van der Waals surface area (Å²) in [6, 6.07) is 1.95. The van der Waals surface area contributed by atoms with Gasteiger partial charge in [-0.15, -0.1) is 11.3 Å². The van der Waals surface area contributed by atoms with Crippen molar-refractivity contribution in [1.82, 2.24) is 15.3 Å². The molecule has 0 unspecified atom stereocenters. The molecule has 0 aliphatic heterocycles. The molecule has 0 aliphatic carbocycles. The molecule has 96 valence electrons. The average Bonchev–Trinajstić information content (AvgIpc) is 2.84. The maximum atomic E-state index is 11.2. The third-order valence-corrected chi connectivity index (χ3v) is 3.16. The van der Waals surface area contributed by atoms with Crippen molar-refractivity contribution in [3.05, 3.63) is 11.4 Å². The van der Waals surface area contributed by atoms with Gasteiger partial charge in [0.25, 0.3) is 0 Å². The smallest absolute Gasteiger partial charge is 0.239 e. The molecule has 0 radical (unpaired) electrons. The van der Waals surface area contributed by atoms with Crippen molar-refractivity contribution < 1.29 is 4.79 Å². The van der Waals surface area contributed by atoms with E-state index < -0.39 is 0 Å². The highest BCUT2D eigenvalue weighted by Crippen LogP contribution is 2.26. The monoisotopic (exact) mass is 265 g/mol. The van der Waals surface area contributed by atoms with E-state index in [1.807, 2.05) is 18.4 Å². The van der Waals surface area contributed by atoms with Gasteiger partial charge in [0, 0.05) is 13.6 Å². The van der Waals surface area contributed by atoms with Gasteiger partial charge >= 0.3 is 0 Å². The summed E-state index contributed by atoms with van der Waals surface area (Å²) >= 11 is 1.55. The largest absolute Gasteiger partial charge is 0.360 e. The van der Waals surface area contributed by atoms with Crippen molar-refractivity contribution in [2.45, 2.75) is 6.92 Å². The van der Waals surface area contributed by atoms with Crippen LogP contribution in [0.25, 0.3) is 10.2 Å². The maximum absolute atomic E-state index is 11.2. The Morgan fingerprint density at radius 3 is 2.94 bits per heavy atom. The van der Waals surface area contributed by atoms with Crippen molar-refractivity contribution in [2.75, 3.05) is 30.8 Å². The van der Waals surface area contributed by atoms with Crippen molar-refractivity contribution in [2.24, 2.45) is 0 Å². The first-order valence-electron chi connectivity index (χ1n) is 5.68. The van der Waals surface area contributed by atoms with Crippen LogP contribution in [0, 0.1) is 0 Å². The second-order valence-electron chi connectivity index (χ2n) is 3.59. The zero-order valence-corrected chi connectivity index (χ0v) is 11.1. The highest BCUT2D eigenvalue weighted by atomic mass is 32.1. The molecule has 0 fully saturated rings. The summed E-state index contributed by atoms with van der Waals surface area (Å²) in [6.45, 7) is 2.94. The van der Waals surface area contributed by atoms with Gasteiger partial charge in [-0.05, 0) is 18.4 Å². The van der Waals surface area contributed by atoms with E-state index in [1.165, 1.54) is 0 Å². The van der Waals surface area contributed by atoms with Crippen LogP contribution in [0.15, 0.2) is 11.4 Å². The first-order valence-corrected chi connectivity index (χ1v) is 6.56.